The molecule has 0 fully saturated rings. The SMILES string of the molecule is O=C(CBr)Cc1ccc(F)c(CO)c1. The number of rotatable bonds is 4. The molecule has 0 aliphatic carbocycles. The van der Waals surface area contributed by atoms with Crippen LogP contribution in [0.3, 0.4) is 0 Å². The van der Waals surface area contributed by atoms with E-state index in [0.717, 1.165) is 5.56 Å². The van der Waals surface area contributed by atoms with Gasteiger partial charge >= 0.3 is 0 Å². The van der Waals surface area contributed by atoms with Crippen molar-refractivity contribution in [3.8, 4) is 0 Å². The Morgan fingerprint density at radius 2 is 2.21 bits per heavy atom. The fraction of sp³-hybridized carbons (Fsp3) is 0.300. The van der Waals surface area contributed by atoms with Crippen molar-refractivity contribution in [3.63, 3.8) is 0 Å². The minimum Gasteiger partial charge on any atom is -0.392 e. The number of halogens is 2. The van der Waals surface area contributed by atoms with Gasteiger partial charge in [-0.2, -0.15) is 0 Å². The van der Waals surface area contributed by atoms with Gasteiger partial charge in [-0.1, -0.05) is 28.1 Å². The lowest BCUT2D eigenvalue weighted by Gasteiger charge is -2.03. The van der Waals surface area contributed by atoms with Gasteiger partial charge in [-0.25, -0.2) is 4.39 Å². The molecule has 0 saturated heterocycles. The smallest absolute Gasteiger partial charge is 0.147 e. The van der Waals surface area contributed by atoms with Gasteiger partial charge in [0.2, 0.25) is 0 Å². The monoisotopic (exact) mass is 260 g/mol. The largest absolute Gasteiger partial charge is 0.392 e. The van der Waals surface area contributed by atoms with Crippen molar-refractivity contribution in [2.75, 3.05) is 5.33 Å². The van der Waals surface area contributed by atoms with Crippen LogP contribution in [-0.2, 0) is 17.8 Å². The summed E-state index contributed by atoms with van der Waals surface area (Å²) in [5.41, 5.74) is 0.949. The molecule has 0 radical (unpaired) electrons. The van der Waals surface area contributed by atoms with Crippen LogP contribution < -0.4 is 0 Å². The third kappa shape index (κ3) is 2.89. The highest BCUT2D eigenvalue weighted by Crippen LogP contribution is 2.11. The van der Waals surface area contributed by atoms with Crippen LogP contribution in [0.25, 0.3) is 0 Å². The van der Waals surface area contributed by atoms with Crippen LogP contribution in [0, 0.1) is 5.82 Å². The topological polar surface area (TPSA) is 37.3 Å². The summed E-state index contributed by atoms with van der Waals surface area (Å²) < 4.78 is 12.9. The summed E-state index contributed by atoms with van der Waals surface area (Å²) in [5.74, 6) is -0.414. The van der Waals surface area contributed by atoms with Gasteiger partial charge < -0.3 is 5.11 Å². The maximum Gasteiger partial charge on any atom is 0.147 e. The molecule has 1 N–H and O–H groups in total. The summed E-state index contributed by atoms with van der Waals surface area (Å²) in [5, 5.41) is 9.09. The van der Waals surface area contributed by atoms with E-state index in [9.17, 15) is 9.18 Å². The summed E-state index contributed by atoms with van der Waals surface area (Å²) >= 11 is 3.05. The second-order valence-electron chi connectivity index (χ2n) is 2.93. The molecule has 0 spiro atoms. The molecule has 1 rings (SSSR count). The van der Waals surface area contributed by atoms with Crippen molar-refractivity contribution in [1.82, 2.24) is 0 Å². The Bertz CT molecular complexity index is 339. The second-order valence-corrected chi connectivity index (χ2v) is 3.49. The number of benzene rings is 1. The number of Topliss-reactive ketones (excluding diaryl/α,β-unsaturated/α-hetero) is 1. The lowest BCUT2D eigenvalue weighted by Crippen LogP contribution is -2.04. The molecule has 0 heterocycles. The molecule has 0 saturated carbocycles. The van der Waals surface area contributed by atoms with E-state index in [4.69, 9.17) is 5.11 Å². The van der Waals surface area contributed by atoms with E-state index in [1.165, 1.54) is 12.1 Å². The minimum atomic E-state index is -0.442. The summed E-state index contributed by atoms with van der Waals surface area (Å²) in [7, 11) is 0. The number of carbonyl (C=O) groups excluding carboxylic acids is 1. The maximum atomic E-state index is 12.9. The second kappa shape index (κ2) is 5.22. The van der Waals surface area contributed by atoms with Gasteiger partial charge in [0, 0.05) is 12.0 Å². The lowest BCUT2D eigenvalue weighted by atomic mass is 10.1. The van der Waals surface area contributed by atoms with E-state index < -0.39 is 5.82 Å². The van der Waals surface area contributed by atoms with E-state index in [2.05, 4.69) is 15.9 Å². The highest BCUT2D eigenvalue weighted by atomic mass is 79.9. The third-order valence-electron chi connectivity index (χ3n) is 1.83. The molecular weight excluding hydrogens is 251 g/mol. The van der Waals surface area contributed by atoms with Crippen LogP contribution in [-0.4, -0.2) is 16.2 Å². The van der Waals surface area contributed by atoms with Crippen LogP contribution in [0.15, 0.2) is 18.2 Å². The number of alkyl halides is 1. The molecule has 1 aromatic carbocycles. The minimum absolute atomic E-state index is 0.0282. The lowest BCUT2D eigenvalue weighted by molar-refractivity contribution is -0.115. The average molecular weight is 261 g/mol. The normalized spacial score (nSPS) is 10.2. The third-order valence-corrected chi connectivity index (χ3v) is 2.46. The van der Waals surface area contributed by atoms with Crippen LogP contribution in [0.5, 0.6) is 0 Å². The first kappa shape index (κ1) is 11.3. The van der Waals surface area contributed by atoms with Crippen LogP contribution in [0.1, 0.15) is 11.1 Å². The molecule has 0 aromatic heterocycles. The molecule has 0 aliphatic heterocycles. The van der Waals surface area contributed by atoms with E-state index in [0.29, 0.717) is 5.33 Å². The highest BCUT2D eigenvalue weighted by molar-refractivity contribution is 9.09. The highest BCUT2D eigenvalue weighted by Gasteiger charge is 2.05. The Kier molecular flexibility index (Phi) is 4.22. The zero-order valence-corrected chi connectivity index (χ0v) is 9.05. The molecule has 0 atom stereocenters. The molecule has 0 unspecified atom stereocenters. The number of hydrogen-bond acceptors (Lipinski definition) is 2. The average Bonchev–Trinajstić information content (AvgIpc) is 2.20. The Hall–Kier alpha value is -0.740. The van der Waals surface area contributed by atoms with E-state index in [1.54, 1.807) is 6.07 Å². The van der Waals surface area contributed by atoms with Gasteiger partial charge in [0.15, 0.2) is 0 Å². The Balaban J connectivity index is 2.84. The first-order chi connectivity index (χ1) is 6.67. The predicted octanol–water partition coefficient (Wildman–Crippen LogP) is 1.82. The number of ketones is 1. The predicted molar refractivity (Wildman–Crippen MR) is 54.8 cm³/mol. The van der Waals surface area contributed by atoms with Gasteiger partial charge in [-0.3, -0.25) is 4.79 Å². The Labute approximate surface area is 89.9 Å². The van der Waals surface area contributed by atoms with Gasteiger partial charge in [0.25, 0.3) is 0 Å². The number of carbonyl (C=O) groups is 1. The van der Waals surface area contributed by atoms with Crippen LogP contribution >= 0.6 is 15.9 Å². The summed E-state index contributed by atoms with van der Waals surface area (Å²) in [6.07, 6.45) is 0.262. The van der Waals surface area contributed by atoms with Gasteiger partial charge in [-0.15, -0.1) is 0 Å². The van der Waals surface area contributed by atoms with Gasteiger partial charge in [0.05, 0.1) is 11.9 Å². The Morgan fingerprint density at radius 3 is 2.79 bits per heavy atom. The molecule has 0 aliphatic rings. The summed E-state index contributed by atoms with van der Waals surface area (Å²) in [6.45, 7) is -0.345. The number of aliphatic hydroxyl groups excluding tert-OH is 1. The van der Waals surface area contributed by atoms with Crippen LogP contribution in [0.4, 0.5) is 4.39 Å². The fourth-order valence-electron chi connectivity index (χ4n) is 1.13. The Morgan fingerprint density at radius 1 is 1.50 bits per heavy atom. The molecule has 0 amide bonds. The molecule has 0 bridgehead atoms. The summed E-state index contributed by atoms with van der Waals surface area (Å²) in [4.78, 5) is 11.1. The van der Waals surface area contributed by atoms with Crippen molar-refractivity contribution in [3.05, 3.63) is 35.1 Å². The van der Waals surface area contributed by atoms with E-state index in [-0.39, 0.29) is 24.4 Å². The molecule has 14 heavy (non-hydrogen) atoms. The van der Waals surface area contributed by atoms with Crippen molar-refractivity contribution in [2.45, 2.75) is 13.0 Å². The zero-order valence-electron chi connectivity index (χ0n) is 7.46. The zero-order chi connectivity index (χ0) is 10.6. The van der Waals surface area contributed by atoms with Crippen molar-refractivity contribution in [2.24, 2.45) is 0 Å². The molecule has 4 heteroatoms. The van der Waals surface area contributed by atoms with E-state index >= 15 is 0 Å². The number of hydrogen-bond donors (Lipinski definition) is 1. The number of aliphatic hydroxyl groups is 1. The summed E-state index contributed by atoms with van der Waals surface area (Å²) in [6, 6.07) is 4.33. The first-order valence-electron chi connectivity index (χ1n) is 4.13. The molecule has 2 nitrogen and oxygen atoms in total. The first-order valence-corrected chi connectivity index (χ1v) is 5.25. The van der Waals surface area contributed by atoms with Gasteiger partial charge in [-0.05, 0) is 11.6 Å². The quantitative estimate of drug-likeness (QED) is 0.839. The van der Waals surface area contributed by atoms with Gasteiger partial charge in [0.1, 0.15) is 11.6 Å². The molecule has 1 aromatic rings. The molecular formula is C10H10BrFO2. The van der Waals surface area contributed by atoms with Crippen LogP contribution in [0.2, 0.25) is 0 Å². The van der Waals surface area contributed by atoms with Crippen molar-refractivity contribution < 1.29 is 14.3 Å². The molecule has 76 valence electrons. The van der Waals surface area contributed by atoms with E-state index in [1.807, 2.05) is 0 Å². The van der Waals surface area contributed by atoms with Crippen molar-refractivity contribution >= 4 is 21.7 Å². The maximum absolute atomic E-state index is 12.9. The fourth-order valence-corrected chi connectivity index (χ4v) is 1.33. The standard InChI is InChI=1S/C10H10BrFO2/c11-5-9(14)4-7-1-2-10(12)8(3-7)6-13/h1-3,13H,4-6H2. The van der Waals surface area contributed by atoms with Crippen molar-refractivity contribution in [1.29, 1.82) is 0 Å².